The van der Waals surface area contributed by atoms with Crippen LogP contribution >= 0.6 is 0 Å². The van der Waals surface area contributed by atoms with E-state index in [4.69, 9.17) is 4.42 Å². The van der Waals surface area contributed by atoms with Crippen LogP contribution in [0.25, 0.3) is 71.7 Å². The summed E-state index contributed by atoms with van der Waals surface area (Å²) in [6.45, 7) is 6.61. The third-order valence-corrected chi connectivity index (χ3v) is 10.9. The van der Waals surface area contributed by atoms with Crippen LogP contribution in [0.15, 0.2) is 180 Å². The Labute approximate surface area is 315 Å². The number of aromatic nitrogens is 1. The van der Waals surface area contributed by atoms with E-state index < -0.39 is 0 Å². The molecule has 3 nitrogen and oxygen atoms in total. The molecular formula is C51H38N2O. The largest absolute Gasteiger partial charge is 0.455 e. The van der Waals surface area contributed by atoms with Gasteiger partial charge in [0.25, 0.3) is 0 Å². The average Bonchev–Trinajstić information content (AvgIpc) is 3.76. The lowest BCUT2D eigenvalue weighted by molar-refractivity contribution is 0.670. The maximum Gasteiger partial charge on any atom is 0.145 e. The Morgan fingerprint density at radius 1 is 0.463 bits per heavy atom. The normalized spacial score (nSPS) is 11.6. The van der Waals surface area contributed by atoms with Crippen LogP contribution in [0.1, 0.15) is 16.7 Å². The maximum absolute atomic E-state index is 6.97. The smallest absolute Gasteiger partial charge is 0.145 e. The van der Waals surface area contributed by atoms with Crippen LogP contribution in [0.5, 0.6) is 0 Å². The summed E-state index contributed by atoms with van der Waals surface area (Å²) < 4.78 is 9.37. The van der Waals surface area contributed by atoms with Crippen molar-refractivity contribution < 1.29 is 4.42 Å². The second-order valence-electron chi connectivity index (χ2n) is 14.3. The van der Waals surface area contributed by atoms with Gasteiger partial charge in [-0.15, -0.1) is 0 Å². The van der Waals surface area contributed by atoms with E-state index in [1.807, 2.05) is 0 Å². The lowest BCUT2D eigenvalue weighted by atomic mass is 9.95. The van der Waals surface area contributed by atoms with Crippen molar-refractivity contribution in [3.8, 4) is 27.9 Å². The molecule has 0 spiro atoms. The van der Waals surface area contributed by atoms with Crippen molar-refractivity contribution in [1.29, 1.82) is 0 Å². The molecule has 0 N–H and O–H groups in total. The van der Waals surface area contributed by atoms with Gasteiger partial charge >= 0.3 is 0 Å². The second kappa shape index (κ2) is 12.7. The minimum absolute atomic E-state index is 0.868. The van der Waals surface area contributed by atoms with Crippen molar-refractivity contribution >= 4 is 60.8 Å². The highest BCUT2D eigenvalue weighted by molar-refractivity contribution is 6.18. The van der Waals surface area contributed by atoms with E-state index in [0.717, 1.165) is 55.8 Å². The highest BCUT2D eigenvalue weighted by Crippen LogP contribution is 2.48. The number of hydrogen-bond donors (Lipinski definition) is 0. The molecule has 0 aliphatic carbocycles. The minimum Gasteiger partial charge on any atom is -0.455 e. The van der Waals surface area contributed by atoms with Gasteiger partial charge in [0.1, 0.15) is 11.2 Å². The lowest BCUT2D eigenvalue weighted by Gasteiger charge is -2.29. The van der Waals surface area contributed by atoms with Crippen molar-refractivity contribution in [3.05, 3.63) is 193 Å². The summed E-state index contributed by atoms with van der Waals surface area (Å²) >= 11 is 0. The molecule has 3 heteroatoms. The number of anilines is 3. The van der Waals surface area contributed by atoms with E-state index in [0.29, 0.717) is 0 Å². The Morgan fingerprint density at radius 3 is 1.89 bits per heavy atom. The van der Waals surface area contributed by atoms with Crippen molar-refractivity contribution in [2.24, 2.45) is 0 Å². The molecule has 0 fully saturated rings. The van der Waals surface area contributed by atoms with Crippen molar-refractivity contribution in [2.45, 2.75) is 20.8 Å². The molecule has 2 heterocycles. The molecule has 0 atom stereocenters. The van der Waals surface area contributed by atoms with Crippen molar-refractivity contribution in [2.75, 3.05) is 4.90 Å². The first-order chi connectivity index (χ1) is 26.5. The van der Waals surface area contributed by atoms with Gasteiger partial charge in [0.05, 0.1) is 27.8 Å². The highest BCUT2D eigenvalue weighted by atomic mass is 16.3. The van der Waals surface area contributed by atoms with Crippen LogP contribution in [0.3, 0.4) is 0 Å². The first-order valence-corrected chi connectivity index (χ1v) is 18.6. The predicted molar refractivity (Wildman–Crippen MR) is 228 cm³/mol. The molecule has 10 rings (SSSR count). The number of fused-ring (bicyclic) bond motifs is 6. The van der Waals surface area contributed by atoms with E-state index >= 15 is 0 Å². The van der Waals surface area contributed by atoms with Gasteiger partial charge in [-0.05, 0) is 109 Å². The summed E-state index contributed by atoms with van der Waals surface area (Å²) in [6.07, 6.45) is 0. The zero-order valence-corrected chi connectivity index (χ0v) is 30.5. The van der Waals surface area contributed by atoms with E-state index in [2.05, 4.69) is 206 Å². The number of benzene rings is 8. The van der Waals surface area contributed by atoms with Crippen LogP contribution in [0, 0.1) is 20.8 Å². The van der Waals surface area contributed by atoms with Gasteiger partial charge in [0.15, 0.2) is 0 Å². The molecule has 0 unspecified atom stereocenters. The van der Waals surface area contributed by atoms with Gasteiger partial charge in [-0.2, -0.15) is 0 Å². The minimum atomic E-state index is 0.868. The number of hydrogen-bond acceptors (Lipinski definition) is 2. The molecule has 0 aliphatic heterocycles. The number of aryl methyl sites for hydroxylation is 3. The molecule has 0 amide bonds. The van der Waals surface area contributed by atoms with E-state index in [1.54, 1.807) is 0 Å². The van der Waals surface area contributed by atoms with Crippen molar-refractivity contribution in [1.82, 2.24) is 4.57 Å². The number of rotatable bonds is 6. The van der Waals surface area contributed by atoms with Crippen LogP contribution < -0.4 is 4.90 Å². The molecule has 258 valence electrons. The Morgan fingerprint density at radius 2 is 1.13 bits per heavy atom. The fourth-order valence-electron chi connectivity index (χ4n) is 8.43. The molecular weight excluding hydrogens is 657 g/mol. The topological polar surface area (TPSA) is 21.3 Å². The Hall–Kier alpha value is -6.84. The summed E-state index contributed by atoms with van der Waals surface area (Å²) in [7, 11) is 0. The Kier molecular flexibility index (Phi) is 7.48. The summed E-state index contributed by atoms with van der Waals surface area (Å²) in [4.78, 5) is 2.43. The predicted octanol–water partition coefficient (Wildman–Crippen LogP) is 14.4. The molecule has 10 aromatic rings. The first kappa shape index (κ1) is 31.9. The maximum atomic E-state index is 6.97. The van der Waals surface area contributed by atoms with E-state index in [1.165, 1.54) is 49.6 Å². The lowest BCUT2D eigenvalue weighted by Crippen LogP contribution is -2.12. The third kappa shape index (κ3) is 5.04. The van der Waals surface area contributed by atoms with Gasteiger partial charge < -0.3 is 13.9 Å². The molecule has 54 heavy (non-hydrogen) atoms. The molecule has 0 aliphatic rings. The van der Waals surface area contributed by atoms with Gasteiger partial charge in [0, 0.05) is 38.7 Å². The summed E-state index contributed by atoms with van der Waals surface area (Å²) in [5.41, 5.74) is 16.8. The average molecular weight is 695 g/mol. The number of para-hydroxylation sites is 4. The summed E-state index contributed by atoms with van der Waals surface area (Å²) in [5, 5.41) is 4.66. The van der Waals surface area contributed by atoms with Crippen LogP contribution in [0.4, 0.5) is 17.1 Å². The molecule has 8 aromatic carbocycles. The number of nitrogens with zero attached hydrogens (tertiary/aromatic N) is 2. The third-order valence-electron chi connectivity index (χ3n) is 10.9. The van der Waals surface area contributed by atoms with Crippen LogP contribution in [-0.2, 0) is 0 Å². The van der Waals surface area contributed by atoms with Crippen LogP contribution in [-0.4, -0.2) is 4.57 Å². The number of furan rings is 1. The first-order valence-electron chi connectivity index (χ1n) is 18.6. The van der Waals surface area contributed by atoms with Crippen LogP contribution in [0.2, 0.25) is 0 Å². The summed E-state index contributed by atoms with van der Waals surface area (Å²) in [6, 6.07) is 63.3. The monoisotopic (exact) mass is 694 g/mol. The van der Waals surface area contributed by atoms with Crippen molar-refractivity contribution in [3.63, 3.8) is 0 Å². The Bertz CT molecular complexity index is 2980. The molecule has 2 aromatic heterocycles. The van der Waals surface area contributed by atoms with Gasteiger partial charge in [-0.3, -0.25) is 0 Å². The zero-order chi connectivity index (χ0) is 36.3. The van der Waals surface area contributed by atoms with Gasteiger partial charge in [-0.1, -0.05) is 115 Å². The Balaban J connectivity index is 1.25. The van der Waals surface area contributed by atoms with E-state index in [9.17, 15) is 0 Å². The zero-order valence-electron chi connectivity index (χ0n) is 30.5. The van der Waals surface area contributed by atoms with Gasteiger partial charge in [0.2, 0.25) is 0 Å². The SMILES string of the molecule is Cc1cccc(N(c2cc(C)c(-c3ccccc3)cc2C)c2ccc(-c3ccccc3-n3c4ccccc4c4ccccc43)c3oc4ccccc4c23)c1. The second-order valence-corrected chi connectivity index (χ2v) is 14.3. The summed E-state index contributed by atoms with van der Waals surface area (Å²) in [5.74, 6) is 0. The molecule has 0 saturated heterocycles. The molecule has 0 radical (unpaired) electrons. The van der Waals surface area contributed by atoms with E-state index in [-0.39, 0.29) is 0 Å². The quantitative estimate of drug-likeness (QED) is 0.173. The van der Waals surface area contributed by atoms with Gasteiger partial charge in [-0.25, -0.2) is 0 Å². The highest BCUT2D eigenvalue weighted by Gasteiger charge is 2.25. The standard InChI is InChI=1S/C51H38N2O/c1-33-16-15-19-37(30-33)52(48-32-34(2)43(31-35(48)3)36-17-5-4-6-18-36)47-29-28-41(51-50(47)42-23-10-14-27-49(42)54-51)40-22-9-13-26-46(40)53-44-24-11-7-20-38(44)39-21-8-12-25-45(39)53/h4-32H,1-3H3. The fraction of sp³-hybridized carbons (Fsp3) is 0.0588. The molecule has 0 saturated carbocycles. The molecule has 0 bridgehead atoms. The fourth-order valence-corrected chi connectivity index (χ4v) is 8.43.